The number of nitrogens with zero attached hydrogens (tertiary/aromatic N) is 1. The van der Waals surface area contributed by atoms with Crippen molar-refractivity contribution >= 4 is 0 Å². The standard InChI is InChI=1S/C14H18F6N2O/c1-7-10(21)5-9(13(15,16)17)11(8-3-4-8)22(7)6-12(2,23)14(18,19)20/h5,7-8,23H,3-4,6,21H2,1-2H3. The minimum atomic E-state index is -4.96. The third-order valence-corrected chi connectivity index (χ3v) is 4.20. The van der Waals surface area contributed by atoms with Gasteiger partial charge in [0.05, 0.1) is 18.2 Å². The maximum Gasteiger partial charge on any atom is 0.418 e. The molecule has 3 N–H and O–H groups in total. The molecule has 1 aliphatic carbocycles. The summed E-state index contributed by atoms with van der Waals surface area (Å²) in [6.07, 6.45) is -7.95. The molecule has 0 radical (unpaired) electrons. The number of hydrogen-bond acceptors (Lipinski definition) is 3. The Morgan fingerprint density at radius 2 is 1.74 bits per heavy atom. The van der Waals surface area contributed by atoms with Crippen LogP contribution in [0.5, 0.6) is 0 Å². The molecule has 0 spiro atoms. The second-order valence-electron chi connectivity index (χ2n) is 6.29. The zero-order valence-corrected chi connectivity index (χ0v) is 12.6. The fourth-order valence-electron chi connectivity index (χ4n) is 2.59. The number of alkyl halides is 6. The molecular weight excluding hydrogens is 326 g/mol. The first-order valence-electron chi connectivity index (χ1n) is 7.10. The summed E-state index contributed by atoms with van der Waals surface area (Å²) >= 11 is 0. The van der Waals surface area contributed by atoms with Gasteiger partial charge in [-0.3, -0.25) is 0 Å². The van der Waals surface area contributed by atoms with Crippen LogP contribution in [0.1, 0.15) is 26.7 Å². The normalized spacial score (nSPS) is 26.2. The summed E-state index contributed by atoms with van der Waals surface area (Å²) in [7, 11) is 0. The van der Waals surface area contributed by atoms with Gasteiger partial charge in [0.1, 0.15) is 0 Å². The van der Waals surface area contributed by atoms with Crippen LogP contribution in [0.4, 0.5) is 26.3 Å². The Labute approximate surface area is 129 Å². The van der Waals surface area contributed by atoms with E-state index in [2.05, 4.69) is 0 Å². The molecule has 23 heavy (non-hydrogen) atoms. The van der Waals surface area contributed by atoms with Crippen LogP contribution in [0.25, 0.3) is 0 Å². The van der Waals surface area contributed by atoms with E-state index in [1.54, 1.807) is 0 Å². The maximum absolute atomic E-state index is 13.3. The molecule has 1 fully saturated rings. The van der Waals surface area contributed by atoms with Crippen molar-refractivity contribution in [2.75, 3.05) is 6.54 Å². The van der Waals surface area contributed by atoms with Gasteiger partial charge in [-0.05, 0) is 38.7 Å². The monoisotopic (exact) mass is 344 g/mol. The first-order valence-corrected chi connectivity index (χ1v) is 7.10. The lowest BCUT2D eigenvalue weighted by atomic mass is 9.95. The van der Waals surface area contributed by atoms with Gasteiger partial charge < -0.3 is 15.7 Å². The van der Waals surface area contributed by atoms with Crippen LogP contribution in [-0.4, -0.2) is 40.5 Å². The molecule has 0 saturated heterocycles. The summed E-state index contributed by atoms with van der Waals surface area (Å²) in [6, 6.07) is -0.856. The van der Waals surface area contributed by atoms with Crippen molar-refractivity contribution in [1.82, 2.24) is 4.90 Å². The lowest BCUT2D eigenvalue weighted by Crippen LogP contribution is -2.55. The van der Waals surface area contributed by atoms with Crippen molar-refractivity contribution in [2.45, 2.75) is 50.7 Å². The van der Waals surface area contributed by atoms with E-state index in [0.29, 0.717) is 19.8 Å². The van der Waals surface area contributed by atoms with Gasteiger partial charge in [0.2, 0.25) is 0 Å². The van der Waals surface area contributed by atoms with Gasteiger partial charge in [-0.25, -0.2) is 0 Å². The average molecular weight is 344 g/mol. The van der Waals surface area contributed by atoms with Crippen LogP contribution >= 0.6 is 0 Å². The van der Waals surface area contributed by atoms with Crippen molar-refractivity contribution < 1.29 is 31.4 Å². The molecule has 0 aromatic rings. The number of β-amino-alcohol motifs (C(OH)–C–C–N with tert-alkyl or cyclic N) is 1. The first-order chi connectivity index (χ1) is 10.3. The Balaban J connectivity index is 2.48. The van der Waals surface area contributed by atoms with Crippen molar-refractivity contribution in [3.8, 4) is 0 Å². The molecule has 1 aliphatic heterocycles. The molecule has 2 unspecified atom stereocenters. The van der Waals surface area contributed by atoms with Gasteiger partial charge in [-0.15, -0.1) is 0 Å². The van der Waals surface area contributed by atoms with Crippen molar-refractivity contribution in [1.29, 1.82) is 0 Å². The van der Waals surface area contributed by atoms with Gasteiger partial charge in [0, 0.05) is 11.4 Å². The Morgan fingerprint density at radius 3 is 2.13 bits per heavy atom. The van der Waals surface area contributed by atoms with Gasteiger partial charge in [0.15, 0.2) is 5.60 Å². The summed E-state index contributed by atoms with van der Waals surface area (Å²) in [5.74, 6) is -0.456. The molecule has 0 amide bonds. The number of nitrogens with two attached hydrogens (primary N) is 1. The molecule has 132 valence electrons. The highest BCUT2D eigenvalue weighted by atomic mass is 19.4. The second-order valence-corrected chi connectivity index (χ2v) is 6.29. The third-order valence-electron chi connectivity index (χ3n) is 4.20. The summed E-state index contributed by atoms with van der Waals surface area (Å²) in [6.45, 7) is 0.970. The number of allylic oxidation sites excluding steroid dienone is 3. The molecule has 3 nitrogen and oxygen atoms in total. The van der Waals surface area contributed by atoms with Crippen molar-refractivity contribution in [2.24, 2.45) is 11.7 Å². The fraction of sp³-hybridized carbons (Fsp3) is 0.714. The van der Waals surface area contributed by atoms with E-state index in [1.807, 2.05) is 0 Å². The van der Waals surface area contributed by atoms with E-state index < -0.39 is 42.0 Å². The molecule has 9 heteroatoms. The Morgan fingerprint density at radius 1 is 1.22 bits per heavy atom. The summed E-state index contributed by atoms with van der Waals surface area (Å²) in [4.78, 5) is 0.948. The molecule has 1 heterocycles. The number of aliphatic hydroxyl groups is 1. The quantitative estimate of drug-likeness (QED) is 0.774. The highest BCUT2D eigenvalue weighted by molar-refractivity contribution is 5.40. The Bertz CT molecular complexity index is 542. The van der Waals surface area contributed by atoms with Crippen LogP contribution in [0.15, 0.2) is 23.0 Å². The SMILES string of the molecule is CC1C(N)=CC(C(F)(F)F)=C(C2CC2)N1CC(C)(O)C(F)(F)F. The topological polar surface area (TPSA) is 49.5 Å². The van der Waals surface area contributed by atoms with Crippen LogP contribution in [0.3, 0.4) is 0 Å². The summed E-state index contributed by atoms with van der Waals surface area (Å²) in [5, 5.41) is 9.69. The first kappa shape index (κ1) is 18.0. The molecule has 2 rings (SSSR count). The van der Waals surface area contributed by atoms with E-state index in [-0.39, 0.29) is 11.4 Å². The van der Waals surface area contributed by atoms with E-state index >= 15 is 0 Å². The smallest absolute Gasteiger partial charge is 0.400 e. The van der Waals surface area contributed by atoms with Gasteiger partial charge >= 0.3 is 12.4 Å². The number of hydrogen-bond donors (Lipinski definition) is 2. The van der Waals surface area contributed by atoms with Gasteiger partial charge in [0.25, 0.3) is 0 Å². The minimum Gasteiger partial charge on any atom is -0.400 e. The molecule has 0 aromatic carbocycles. The lowest BCUT2D eigenvalue weighted by Gasteiger charge is -2.42. The van der Waals surface area contributed by atoms with Gasteiger partial charge in [-0.2, -0.15) is 26.3 Å². The van der Waals surface area contributed by atoms with Crippen LogP contribution < -0.4 is 5.73 Å². The predicted molar refractivity (Wildman–Crippen MR) is 70.9 cm³/mol. The zero-order valence-electron chi connectivity index (χ0n) is 12.6. The third kappa shape index (κ3) is 3.44. The van der Waals surface area contributed by atoms with E-state index in [1.165, 1.54) is 6.92 Å². The minimum absolute atomic E-state index is 0.181. The maximum atomic E-state index is 13.3. The largest absolute Gasteiger partial charge is 0.418 e. The van der Waals surface area contributed by atoms with Gasteiger partial charge in [-0.1, -0.05) is 0 Å². The summed E-state index contributed by atoms with van der Waals surface area (Å²) < 4.78 is 78.5. The zero-order chi connectivity index (χ0) is 17.8. The second kappa shape index (κ2) is 5.32. The number of rotatable bonds is 3. The molecular formula is C14H18F6N2O. The van der Waals surface area contributed by atoms with E-state index in [0.717, 1.165) is 11.0 Å². The Hall–Kier alpha value is -1.38. The lowest BCUT2D eigenvalue weighted by molar-refractivity contribution is -0.257. The van der Waals surface area contributed by atoms with Crippen LogP contribution in [0, 0.1) is 5.92 Å². The fourth-order valence-corrected chi connectivity index (χ4v) is 2.59. The van der Waals surface area contributed by atoms with Crippen molar-refractivity contribution in [3.63, 3.8) is 0 Å². The molecule has 2 atom stereocenters. The molecule has 2 aliphatic rings. The highest BCUT2D eigenvalue weighted by Crippen LogP contribution is 2.47. The average Bonchev–Trinajstić information content (AvgIpc) is 3.15. The van der Waals surface area contributed by atoms with Crippen molar-refractivity contribution in [3.05, 3.63) is 23.0 Å². The Kier molecular flexibility index (Phi) is 4.16. The summed E-state index contributed by atoms with van der Waals surface area (Å²) in [5.41, 5.74) is 1.04. The van der Waals surface area contributed by atoms with E-state index in [4.69, 9.17) is 5.73 Å². The van der Waals surface area contributed by atoms with E-state index in [9.17, 15) is 31.4 Å². The molecule has 1 saturated carbocycles. The molecule has 0 bridgehead atoms. The predicted octanol–water partition coefficient (Wildman–Crippen LogP) is 3.07. The highest BCUT2D eigenvalue weighted by Gasteiger charge is 2.53. The molecule has 0 aromatic heterocycles. The number of halogens is 6. The van der Waals surface area contributed by atoms with Crippen LogP contribution in [-0.2, 0) is 0 Å². The van der Waals surface area contributed by atoms with Crippen LogP contribution in [0.2, 0.25) is 0 Å².